The highest BCUT2D eigenvalue weighted by molar-refractivity contribution is 5.91. The van der Waals surface area contributed by atoms with Gasteiger partial charge in [0.25, 0.3) is 0 Å². The number of aromatic nitrogens is 5. The lowest BCUT2D eigenvalue weighted by Crippen LogP contribution is -2.17. The fourth-order valence-electron chi connectivity index (χ4n) is 4.48. The number of fused-ring (bicyclic) bond motifs is 2. The van der Waals surface area contributed by atoms with E-state index in [1.54, 1.807) is 0 Å². The Bertz CT molecular complexity index is 1200. The van der Waals surface area contributed by atoms with E-state index in [1.165, 1.54) is 16.7 Å². The number of nitrogens with one attached hydrogen (secondary N) is 1. The van der Waals surface area contributed by atoms with Crippen molar-refractivity contribution in [2.75, 3.05) is 0 Å². The molecule has 3 heterocycles. The maximum absolute atomic E-state index is 6.30. The molecule has 1 unspecified atom stereocenters. The minimum absolute atomic E-state index is 0.157. The van der Waals surface area contributed by atoms with E-state index in [0.717, 1.165) is 53.1 Å². The molecule has 0 spiro atoms. The van der Waals surface area contributed by atoms with Crippen LogP contribution in [0.15, 0.2) is 36.7 Å². The van der Waals surface area contributed by atoms with Gasteiger partial charge in [0.05, 0.1) is 17.3 Å². The molecule has 6 heteroatoms. The predicted octanol–water partition coefficient (Wildman–Crippen LogP) is 4.71. The van der Waals surface area contributed by atoms with Crippen LogP contribution in [0.25, 0.3) is 33.7 Å². The molecule has 0 radical (unpaired) electrons. The average Bonchev–Trinajstić information content (AvgIpc) is 3.30. The third-order valence-electron chi connectivity index (χ3n) is 6.00. The molecule has 1 aliphatic rings. The lowest BCUT2D eigenvalue weighted by atomic mass is 9.86. The number of hydrogen-bond donors (Lipinski definition) is 2. The third kappa shape index (κ3) is 2.95. The van der Waals surface area contributed by atoms with Crippen LogP contribution < -0.4 is 5.73 Å². The van der Waals surface area contributed by atoms with Crippen LogP contribution in [0.3, 0.4) is 0 Å². The molecule has 0 saturated heterocycles. The van der Waals surface area contributed by atoms with Crippen molar-refractivity contribution in [2.24, 2.45) is 5.73 Å². The Morgan fingerprint density at radius 1 is 1.21 bits per heavy atom. The van der Waals surface area contributed by atoms with Crippen molar-refractivity contribution in [1.29, 1.82) is 0 Å². The Hall–Kier alpha value is -2.99. The standard InChI is InChI=1S/C23H26N6/c1-13(2)29-14(3)19(12-26-29)22-27-21-18(9-10-25-23(21)28-22)16-7-8-17-15(11-16)5-4-6-20(17)24/h7-13,20H,4-6,24H2,1-3H3,(H,25,27,28). The lowest BCUT2D eigenvalue weighted by Gasteiger charge is -2.22. The Kier molecular flexibility index (Phi) is 4.24. The Morgan fingerprint density at radius 3 is 2.86 bits per heavy atom. The number of nitrogens with two attached hydrogens (primary N) is 1. The zero-order valence-corrected chi connectivity index (χ0v) is 17.1. The lowest BCUT2D eigenvalue weighted by molar-refractivity contribution is 0.519. The van der Waals surface area contributed by atoms with Crippen LogP contribution >= 0.6 is 0 Å². The van der Waals surface area contributed by atoms with Gasteiger partial charge >= 0.3 is 0 Å². The smallest absolute Gasteiger partial charge is 0.178 e. The first-order valence-corrected chi connectivity index (χ1v) is 10.3. The minimum atomic E-state index is 0.157. The van der Waals surface area contributed by atoms with Crippen molar-refractivity contribution in [3.05, 3.63) is 53.5 Å². The van der Waals surface area contributed by atoms with Crippen LogP contribution in [-0.2, 0) is 6.42 Å². The molecule has 3 N–H and O–H groups in total. The quantitative estimate of drug-likeness (QED) is 0.534. The average molecular weight is 387 g/mol. The van der Waals surface area contributed by atoms with Crippen molar-refractivity contribution in [3.8, 4) is 22.5 Å². The molecule has 6 nitrogen and oxygen atoms in total. The molecule has 1 aliphatic carbocycles. The number of aromatic amines is 1. The number of aryl methyl sites for hydroxylation is 1. The summed E-state index contributed by atoms with van der Waals surface area (Å²) in [5.41, 5.74) is 15.0. The first-order valence-electron chi connectivity index (χ1n) is 10.3. The van der Waals surface area contributed by atoms with Gasteiger partial charge in [-0.2, -0.15) is 5.10 Å². The van der Waals surface area contributed by atoms with Gasteiger partial charge in [-0.3, -0.25) is 4.68 Å². The summed E-state index contributed by atoms with van der Waals surface area (Å²) in [5.74, 6) is 0.810. The fourth-order valence-corrected chi connectivity index (χ4v) is 4.48. The van der Waals surface area contributed by atoms with Gasteiger partial charge in [-0.05, 0) is 62.8 Å². The van der Waals surface area contributed by atoms with E-state index >= 15 is 0 Å². The van der Waals surface area contributed by atoms with Crippen LogP contribution in [0.2, 0.25) is 0 Å². The van der Waals surface area contributed by atoms with Gasteiger partial charge in [0.15, 0.2) is 5.65 Å². The molecule has 148 valence electrons. The van der Waals surface area contributed by atoms with Crippen molar-refractivity contribution >= 4 is 11.2 Å². The summed E-state index contributed by atoms with van der Waals surface area (Å²) >= 11 is 0. The molecule has 1 atom stereocenters. The van der Waals surface area contributed by atoms with Gasteiger partial charge in [-0.1, -0.05) is 18.2 Å². The zero-order valence-electron chi connectivity index (χ0n) is 17.1. The van der Waals surface area contributed by atoms with Crippen LogP contribution in [0.1, 0.15) is 55.6 Å². The molecule has 0 fully saturated rings. The summed E-state index contributed by atoms with van der Waals surface area (Å²) in [6.45, 7) is 6.34. The molecule has 0 amide bonds. The zero-order chi connectivity index (χ0) is 20.1. The molecule has 0 saturated carbocycles. The molecular weight excluding hydrogens is 360 g/mol. The Morgan fingerprint density at radius 2 is 2.07 bits per heavy atom. The van der Waals surface area contributed by atoms with E-state index < -0.39 is 0 Å². The van der Waals surface area contributed by atoms with Crippen LogP contribution in [-0.4, -0.2) is 24.7 Å². The van der Waals surface area contributed by atoms with Crippen LogP contribution in [0, 0.1) is 6.92 Å². The maximum Gasteiger partial charge on any atom is 0.178 e. The van der Waals surface area contributed by atoms with E-state index in [9.17, 15) is 0 Å². The molecule has 0 bridgehead atoms. The summed E-state index contributed by atoms with van der Waals surface area (Å²) < 4.78 is 2.02. The summed E-state index contributed by atoms with van der Waals surface area (Å²) in [6, 6.07) is 9.16. The van der Waals surface area contributed by atoms with E-state index in [4.69, 9.17) is 10.7 Å². The SMILES string of the molecule is Cc1c(-c2nc3nccc(-c4ccc5c(c4)CCCC5N)c3[nH]2)cnn1C(C)C. The monoisotopic (exact) mass is 386 g/mol. The molecule has 29 heavy (non-hydrogen) atoms. The number of benzene rings is 1. The highest BCUT2D eigenvalue weighted by atomic mass is 15.3. The van der Waals surface area contributed by atoms with Gasteiger partial charge in [-0.25, -0.2) is 9.97 Å². The predicted molar refractivity (Wildman–Crippen MR) is 116 cm³/mol. The number of nitrogens with zero attached hydrogens (tertiary/aromatic N) is 4. The molecule has 1 aromatic carbocycles. The van der Waals surface area contributed by atoms with E-state index in [1.807, 2.05) is 17.1 Å². The van der Waals surface area contributed by atoms with Crippen molar-refractivity contribution in [2.45, 2.75) is 52.1 Å². The van der Waals surface area contributed by atoms with Gasteiger partial charge < -0.3 is 10.7 Å². The largest absolute Gasteiger partial charge is 0.336 e. The maximum atomic E-state index is 6.30. The second-order valence-electron chi connectivity index (χ2n) is 8.24. The van der Waals surface area contributed by atoms with E-state index in [2.05, 4.69) is 60.1 Å². The summed E-state index contributed by atoms with van der Waals surface area (Å²) in [4.78, 5) is 12.8. The molecular formula is C23H26N6. The second kappa shape index (κ2) is 6.81. The van der Waals surface area contributed by atoms with Crippen LogP contribution in [0.4, 0.5) is 0 Å². The Balaban J connectivity index is 1.62. The summed E-state index contributed by atoms with van der Waals surface area (Å²) in [6.07, 6.45) is 7.02. The Labute approximate surface area is 170 Å². The van der Waals surface area contributed by atoms with Gasteiger partial charge in [-0.15, -0.1) is 0 Å². The molecule has 3 aromatic heterocycles. The summed E-state index contributed by atoms with van der Waals surface area (Å²) in [5, 5.41) is 4.52. The number of pyridine rings is 1. The highest BCUT2D eigenvalue weighted by Gasteiger charge is 2.19. The highest BCUT2D eigenvalue weighted by Crippen LogP contribution is 2.34. The topological polar surface area (TPSA) is 85.4 Å². The first kappa shape index (κ1) is 18.1. The fraction of sp³-hybridized carbons (Fsp3) is 0.348. The molecule has 5 rings (SSSR count). The second-order valence-corrected chi connectivity index (χ2v) is 8.24. The first-order chi connectivity index (χ1) is 14.0. The van der Waals surface area contributed by atoms with E-state index in [0.29, 0.717) is 6.04 Å². The van der Waals surface area contributed by atoms with Gasteiger partial charge in [0, 0.05) is 29.5 Å². The number of rotatable bonds is 3. The van der Waals surface area contributed by atoms with E-state index in [-0.39, 0.29) is 6.04 Å². The third-order valence-corrected chi connectivity index (χ3v) is 6.00. The van der Waals surface area contributed by atoms with Gasteiger partial charge in [0.1, 0.15) is 5.82 Å². The van der Waals surface area contributed by atoms with Crippen molar-refractivity contribution in [3.63, 3.8) is 0 Å². The summed E-state index contributed by atoms with van der Waals surface area (Å²) in [7, 11) is 0. The molecule has 0 aliphatic heterocycles. The van der Waals surface area contributed by atoms with Crippen molar-refractivity contribution in [1.82, 2.24) is 24.7 Å². The number of hydrogen-bond acceptors (Lipinski definition) is 4. The number of H-pyrrole nitrogens is 1. The van der Waals surface area contributed by atoms with Crippen molar-refractivity contribution < 1.29 is 0 Å². The normalized spacial score (nSPS) is 16.5. The van der Waals surface area contributed by atoms with Gasteiger partial charge in [0.2, 0.25) is 0 Å². The minimum Gasteiger partial charge on any atom is -0.336 e. The number of imidazole rings is 1. The molecule has 4 aromatic rings. The van der Waals surface area contributed by atoms with Crippen LogP contribution in [0.5, 0.6) is 0 Å².